The number of benzene rings is 1. The molecule has 1 amide bonds. The van der Waals surface area contributed by atoms with Crippen molar-refractivity contribution in [2.75, 3.05) is 59.0 Å². The molecular weight excluding hydrogens is 452 g/mol. The van der Waals surface area contributed by atoms with E-state index in [1.807, 2.05) is 19.1 Å². The number of fused-ring (bicyclic) bond motifs is 1. The maximum absolute atomic E-state index is 13.2. The molecule has 10 nitrogen and oxygen atoms in total. The van der Waals surface area contributed by atoms with Crippen LogP contribution in [0.5, 0.6) is 17.2 Å². The number of nitrogens with zero attached hydrogens (tertiary/aromatic N) is 4. The molecule has 1 aromatic heterocycles. The normalized spacial score (nSPS) is 17.6. The SMILES string of the molecule is CCOC(=O)N1CCN(c2nc(C)c3c(n2)C[C@@H](c2cc(OC)c(OC)c(OC)c2)CC3=O)CC1. The maximum atomic E-state index is 13.2. The number of carbonyl (C=O) groups is 2. The highest BCUT2D eigenvalue weighted by atomic mass is 16.6. The molecule has 0 N–H and O–H groups in total. The van der Waals surface area contributed by atoms with Gasteiger partial charge >= 0.3 is 6.09 Å². The number of anilines is 1. The predicted molar refractivity (Wildman–Crippen MR) is 129 cm³/mol. The van der Waals surface area contributed by atoms with Gasteiger partial charge in [0.05, 0.1) is 44.9 Å². The molecule has 2 aliphatic rings. The highest BCUT2D eigenvalue weighted by Gasteiger charge is 2.32. The maximum Gasteiger partial charge on any atom is 0.409 e. The second kappa shape index (κ2) is 10.4. The standard InChI is InChI=1S/C25H32N4O6/c1-6-35-25(31)29-9-7-28(8-10-29)24-26-15(2)22-18(27-24)11-16(12-19(22)30)17-13-20(32-3)23(34-5)21(14-17)33-4/h13-14,16H,6-12H2,1-5H3/t16-/m1/s1. The van der Waals surface area contributed by atoms with Crippen molar-refractivity contribution in [3.8, 4) is 17.2 Å². The predicted octanol–water partition coefficient (Wildman–Crippen LogP) is 3.00. The summed E-state index contributed by atoms with van der Waals surface area (Å²) < 4.78 is 21.6. The average Bonchev–Trinajstić information content (AvgIpc) is 2.87. The number of hydrogen-bond donors (Lipinski definition) is 0. The van der Waals surface area contributed by atoms with Crippen LogP contribution >= 0.6 is 0 Å². The van der Waals surface area contributed by atoms with Crippen LogP contribution in [0.4, 0.5) is 10.7 Å². The zero-order valence-electron chi connectivity index (χ0n) is 20.9. The van der Waals surface area contributed by atoms with Crippen LogP contribution in [0.25, 0.3) is 0 Å². The van der Waals surface area contributed by atoms with Gasteiger partial charge in [-0.25, -0.2) is 14.8 Å². The van der Waals surface area contributed by atoms with E-state index in [9.17, 15) is 9.59 Å². The summed E-state index contributed by atoms with van der Waals surface area (Å²) in [6.07, 6.45) is 0.653. The van der Waals surface area contributed by atoms with E-state index in [1.165, 1.54) is 0 Å². The van der Waals surface area contributed by atoms with Gasteiger partial charge in [-0.05, 0) is 43.9 Å². The minimum absolute atomic E-state index is 0.0289. The Bertz CT molecular complexity index is 1090. The first kappa shape index (κ1) is 24.6. The third kappa shape index (κ3) is 4.82. The van der Waals surface area contributed by atoms with Crippen molar-refractivity contribution in [3.05, 3.63) is 34.6 Å². The summed E-state index contributed by atoms with van der Waals surface area (Å²) >= 11 is 0. The lowest BCUT2D eigenvalue weighted by Crippen LogP contribution is -2.49. The van der Waals surface area contributed by atoms with E-state index in [1.54, 1.807) is 33.2 Å². The van der Waals surface area contributed by atoms with E-state index in [0.717, 1.165) is 11.3 Å². The second-order valence-electron chi connectivity index (χ2n) is 8.59. The van der Waals surface area contributed by atoms with Gasteiger partial charge in [-0.3, -0.25) is 4.79 Å². The van der Waals surface area contributed by atoms with E-state index in [2.05, 4.69) is 9.88 Å². The van der Waals surface area contributed by atoms with Crippen molar-refractivity contribution in [2.45, 2.75) is 32.6 Å². The number of ketones is 1. The number of aryl methyl sites for hydroxylation is 1. The van der Waals surface area contributed by atoms with Gasteiger partial charge in [-0.2, -0.15) is 0 Å². The topological polar surface area (TPSA) is 103 Å². The van der Waals surface area contributed by atoms with Crippen LogP contribution in [0.2, 0.25) is 0 Å². The van der Waals surface area contributed by atoms with Crippen molar-refractivity contribution in [1.29, 1.82) is 0 Å². The van der Waals surface area contributed by atoms with Gasteiger partial charge in [0.1, 0.15) is 0 Å². The highest BCUT2D eigenvalue weighted by Crippen LogP contribution is 2.43. The summed E-state index contributed by atoms with van der Waals surface area (Å²) in [6, 6.07) is 3.79. The van der Waals surface area contributed by atoms with E-state index in [4.69, 9.17) is 23.9 Å². The molecule has 0 bridgehead atoms. The van der Waals surface area contributed by atoms with Crippen LogP contribution in [0.15, 0.2) is 12.1 Å². The van der Waals surface area contributed by atoms with Gasteiger partial charge in [0, 0.05) is 32.6 Å². The van der Waals surface area contributed by atoms with Crippen LogP contribution in [0, 0.1) is 6.92 Å². The first-order valence-electron chi connectivity index (χ1n) is 11.8. The molecule has 0 spiro atoms. The monoisotopic (exact) mass is 484 g/mol. The number of piperazine rings is 1. The number of rotatable bonds is 6. The molecule has 1 fully saturated rings. The van der Waals surface area contributed by atoms with Crippen LogP contribution in [-0.4, -0.2) is 80.9 Å². The van der Waals surface area contributed by atoms with Gasteiger partial charge < -0.3 is 28.7 Å². The molecule has 188 valence electrons. The van der Waals surface area contributed by atoms with Crippen molar-refractivity contribution in [2.24, 2.45) is 0 Å². The van der Waals surface area contributed by atoms with Gasteiger partial charge in [0.25, 0.3) is 0 Å². The van der Waals surface area contributed by atoms with Crippen molar-refractivity contribution in [1.82, 2.24) is 14.9 Å². The number of amides is 1. The fourth-order valence-corrected chi connectivity index (χ4v) is 4.78. The Balaban J connectivity index is 1.59. The Labute approximate surface area is 205 Å². The molecule has 0 unspecified atom stereocenters. The number of ether oxygens (including phenoxy) is 4. The number of carbonyl (C=O) groups excluding carboxylic acids is 2. The molecular formula is C25H32N4O6. The number of methoxy groups -OCH3 is 3. The van der Waals surface area contributed by atoms with Crippen molar-refractivity contribution in [3.63, 3.8) is 0 Å². The van der Waals surface area contributed by atoms with Crippen LogP contribution in [-0.2, 0) is 11.2 Å². The number of Topliss-reactive ketones (excluding diaryl/α,β-unsaturated/α-hetero) is 1. The summed E-state index contributed by atoms with van der Waals surface area (Å²) in [5, 5.41) is 0. The Hall–Kier alpha value is -3.56. The van der Waals surface area contributed by atoms with Gasteiger partial charge in [-0.15, -0.1) is 0 Å². The first-order chi connectivity index (χ1) is 16.9. The summed E-state index contributed by atoms with van der Waals surface area (Å²) in [4.78, 5) is 38.4. The van der Waals surface area contributed by atoms with Gasteiger partial charge in [-0.1, -0.05) is 0 Å². The van der Waals surface area contributed by atoms with E-state index in [0.29, 0.717) is 80.1 Å². The molecule has 2 aromatic rings. The van der Waals surface area contributed by atoms with Gasteiger partial charge in [0.2, 0.25) is 11.7 Å². The molecule has 1 atom stereocenters. The third-order valence-corrected chi connectivity index (χ3v) is 6.55. The highest BCUT2D eigenvalue weighted by molar-refractivity contribution is 5.99. The lowest BCUT2D eigenvalue weighted by Gasteiger charge is -2.35. The zero-order valence-corrected chi connectivity index (χ0v) is 20.9. The average molecular weight is 485 g/mol. The smallest absolute Gasteiger partial charge is 0.409 e. The largest absolute Gasteiger partial charge is 0.493 e. The summed E-state index contributed by atoms with van der Waals surface area (Å²) in [7, 11) is 4.72. The van der Waals surface area contributed by atoms with Gasteiger partial charge in [0.15, 0.2) is 17.3 Å². The van der Waals surface area contributed by atoms with E-state index < -0.39 is 0 Å². The number of aromatic nitrogens is 2. The fraction of sp³-hybridized carbons (Fsp3) is 0.520. The molecule has 10 heteroatoms. The zero-order chi connectivity index (χ0) is 25.1. The second-order valence-corrected chi connectivity index (χ2v) is 8.59. The molecule has 1 aliphatic heterocycles. The quantitative estimate of drug-likeness (QED) is 0.612. The molecule has 35 heavy (non-hydrogen) atoms. The van der Waals surface area contributed by atoms with Crippen LogP contribution < -0.4 is 19.1 Å². The number of hydrogen-bond acceptors (Lipinski definition) is 9. The molecule has 1 aliphatic carbocycles. The lowest BCUT2D eigenvalue weighted by molar-refractivity contribution is 0.0960. The molecule has 1 saturated heterocycles. The Morgan fingerprint density at radius 3 is 2.23 bits per heavy atom. The minimum Gasteiger partial charge on any atom is -0.493 e. The van der Waals surface area contributed by atoms with E-state index >= 15 is 0 Å². The Morgan fingerprint density at radius 2 is 1.66 bits per heavy atom. The molecule has 4 rings (SSSR count). The van der Waals surface area contributed by atoms with Crippen LogP contribution in [0.1, 0.15) is 46.6 Å². The third-order valence-electron chi connectivity index (χ3n) is 6.55. The van der Waals surface area contributed by atoms with Crippen molar-refractivity contribution < 1.29 is 28.5 Å². The fourth-order valence-electron chi connectivity index (χ4n) is 4.78. The summed E-state index contributed by atoms with van der Waals surface area (Å²) in [6.45, 7) is 6.27. The van der Waals surface area contributed by atoms with Crippen LogP contribution in [0.3, 0.4) is 0 Å². The Morgan fingerprint density at radius 1 is 1.00 bits per heavy atom. The minimum atomic E-state index is -0.298. The first-order valence-corrected chi connectivity index (χ1v) is 11.8. The Kier molecular flexibility index (Phi) is 7.28. The summed E-state index contributed by atoms with van der Waals surface area (Å²) in [5.74, 6) is 2.16. The summed E-state index contributed by atoms with van der Waals surface area (Å²) in [5.41, 5.74) is 2.98. The molecule has 2 heterocycles. The van der Waals surface area contributed by atoms with Crippen molar-refractivity contribution >= 4 is 17.8 Å². The van der Waals surface area contributed by atoms with E-state index in [-0.39, 0.29) is 17.8 Å². The lowest BCUT2D eigenvalue weighted by atomic mass is 9.81. The molecule has 1 aromatic carbocycles. The molecule has 0 radical (unpaired) electrons. The molecule has 0 saturated carbocycles.